The number of aromatic nitrogens is 1. The molecule has 1 aliphatic rings. The fourth-order valence-corrected chi connectivity index (χ4v) is 1.95. The first-order chi connectivity index (χ1) is 8.89. The predicted octanol–water partition coefficient (Wildman–Crippen LogP) is 2.36. The van der Waals surface area contributed by atoms with Gasteiger partial charge in [-0.05, 0) is 38.8 Å². The normalized spacial score (nSPS) is 17.9. The van der Waals surface area contributed by atoms with Crippen molar-refractivity contribution < 1.29 is 18.8 Å². The third-order valence-electron chi connectivity index (χ3n) is 3.06. The lowest BCUT2D eigenvalue weighted by Crippen LogP contribution is -2.25. The molecule has 1 atom stereocenters. The summed E-state index contributed by atoms with van der Waals surface area (Å²) in [5.74, 6) is 0.786. The topological polar surface area (TPSA) is 87.6 Å². The number of carbonyl (C=O) groups is 1. The van der Waals surface area contributed by atoms with Crippen molar-refractivity contribution >= 4 is 18.4 Å². The fourth-order valence-electron chi connectivity index (χ4n) is 1.95. The highest BCUT2D eigenvalue weighted by Crippen LogP contribution is 2.34. The lowest BCUT2D eigenvalue weighted by atomic mass is 9.98. The number of carbonyl (C=O) groups excluding carboxylic acids is 1. The summed E-state index contributed by atoms with van der Waals surface area (Å²) >= 11 is 0. The molecule has 0 saturated carbocycles. The van der Waals surface area contributed by atoms with E-state index in [1.54, 1.807) is 20.8 Å². The van der Waals surface area contributed by atoms with Crippen LogP contribution in [0.3, 0.4) is 0 Å². The maximum atomic E-state index is 11.6. The molecule has 20 heavy (non-hydrogen) atoms. The number of fused-ring (bicyclic) bond motifs is 1. The molecule has 0 radical (unpaired) electrons. The van der Waals surface area contributed by atoms with Crippen molar-refractivity contribution in [2.45, 2.75) is 46.1 Å². The van der Waals surface area contributed by atoms with Crippen molar-refractivity contribution in [3.05, 3.63) is 11.3 Å². The second-order valence-corrected chi connectivity index (χ2v) is 5.77. The first kappa shape index (κ1) is 16.8. The number of rotatable bonds is 3. The van der Waals surface area contributed by atoms with E-state index in [2.05, 4.69) is 5.16 Å². The molecule has 0 fully saturated rings. The van der Waals surface area contributed by atoms with E-state index >= 15 is 0 Å². The van der Waals surface area contributed by atoms with E-state index in [4.69, 9.17) is 19.7 Å². The number of ether oxygens (including phenoxy) is 2. The SMILES string of the molecule is CC(C)(C)C(=O)OCO[14c]1noc2c1[C@H](N)CCC2.Cl. The molecule has 1 aromatic heterocycles. The van der Waals surface area contributed by atoms with Gasteiger partial charge in [-0.15, -0.1) is 12.4 Å². The lowest BCUT2D eigenvalue weighted by Gasteiger charge is -2.18. The molecule has 1 aliphatic carbocycles. The third kappa shape index (κ3) is 3.64. The Balaban J connectivity index is 0.00000200. The van der Waals surface area contributed by atoms with E-state index < -0.39 is 5.41 Å². The molecule has 1 aromatic rings. The summed E-state index contributed by atoms with van der Waals surface area (Å²) < 4.78 is 15.6. The molecule has 0 spiro atoms. The Morgan fingerprint density at radius 3 is 2.90 bits per heavy atom. The zero-order chi connectivity index (χ0) is 14.0. The van der Waals surface area contributed by atoms with Crippen LogP contribution in [0.25, 0.3) is 0 Å². The van der Waals surface area contributed by atoms with Gasteiger partial charge in [-0.2, -0.15) is 0 Å². The van der Waals surface area contributed by atoms with Gasteiger partial charge in [0.05, 0.1) is 11.0 Å². The Labute approximate surface area is 124 Å². The first-order valence-corrected chi connectivity index (χ1v) is 6.43. The van der Waals surface area contributed by atoms with E-state index in [0.717, 1.165) is 30.6 Å². The van der Waals surface area contributed by atoms with Gasteiger partial charge in [-0.3, -0.25) is 4.79 Å². The van der Waals surface area contributed by atoms with Crippen LogP contribution in [0.5, 0.6) is 5.88 Å². The van der Waals surface area contributed by atoms with E-state index in [-0.39, 0.29) is 31.2 Å². The highest BCUT2D eigenvalue weighted by Gasteiger charge is 2.28. The summed E-state index contributed by atoms with van der Waals surface area (Å²) in [6.07, 6.45) is 2.69. The highest BCUT2D eigenvalue weighted by molar-refractivity contribution is 5.85. The summed E-state index contributed by atoms with van der Waals surface area (Å²) in [5.41, 5.74) is 6.26. The van der Waals surface area contributed by atoms with Gasteiger partial charge in [0.1, 0.15) is 5.76 Å². The van der Waals surface area contributed by atoms with Crippen LogP contribution in [-0.2, 0) is 16.0 Å². The zero-order valence-electron chi connectivity index (χ0n) is 12.0. The molecular formula is C13H21ClN2O4. The highest BCUT2D eigenvalue weighted by atomic mass is 35.5. The van der Waals surface area contributed by atoms with Gasteiger partial charge in [0.25, 0.3) is 5.88 Å². The Kier molecular flexibility index (Phi) is 5.42. The molecule has 0 unspecified atom stereocenters. The number of aryl methyl sites for hydroxylation is 1. The summed E-state index contributed by atoms with van der Waals surface area (Å²) in [5, 5.41) is 3.84. The summed E-state index contributed by atoms with van der Waals surface area (Å²) in [6.45, 7) is 5.16. The molecular weight excluding hydrogens is 286 g/mol. The van der Waals surface area contributed by atoms with Crippen molar-refractivity contribution in [1.29, 1.82) is 0 Å². The first-order valence-electron chi connectivity index (χ1n) is 6.43. The Bertz CT molecular complexity index is 467. The van der Waals surface area contributed by atoms with Gasteiger partial charge in [-0.25, -0.2) is 0 Å². The van der Waals surface area contributed by atoms with Gasteiger partial charge < -0.3 is 19.7 Å². The van der Waals surface area contributed by atoms with Gasteiger partial charge in [0.15, 0.2) is 0 Å². The average molecular weight is 307 g/mol. The summed E-state index contributed by atoms with van der Waals surface area (Å²) in [4.78, 5) is 11.6. The summed E-state index contributed by atoms with van der Waals surface area (Å²) in [7, 11) is 0. The standard InChI is InChI=1S/C13H20N2O4.ClH/c1-13(2,3)12(16)18-7-17-11-10-8(14)5-4-6-9(10)19-15-11;/h8H,4-7,14H2,1-3H3;1H/t8-;/m1./s1/i11+2;. The Morgan fingerprint density at radius 1 is 1.55 bits per heavy atom. The number of esters is 1. The number of hydrogen-bond acceptors (Lipinski definition) is 6. The molecule has 6 nitrogen and oxygen atoms in total. The van der Waals surface area contributed by atoms with Gasteiger partial charge in [0.2, 0.25) is 6.79 Å². The Hall–Kier alpha value is -1.27. The molecule has 0 aromatic carbocycles. The second-order valence-electron chi connectivity index (χ2n) is 5.77. The molecule has 0 saturated heterocycles. The van der Waals surface area contributed by atoms with Gasteiger partial charge in [-0.1, -0.05) is 0 Å². The smallest absolute Gasteiger partial charge is 0.314 e. The van der Waals surface area contributed by atoms with Crippen LogP contribution in [0.15, 0.2) is 4.52 Å². The minimum absolute atomic E-state index is 0. The van der Waals surface area contributed by atoms with Crippen LogP contribution in [0, 0.1) is 5.41 Å². The second kappa shape index (κ2) is 6.45. The van der Waals surface area contributed by atoms with Gasteiger partial charge >= 0.3 is 5.97 Å². The van der Waals surface area contributed by atoms with Crippen molar-refractivity contribution in [1.82, 2.24) is 5.16 Å². The monoisotopic (exact) mass is 306 g/mol. The minimum atomic E-state index is -0.553. The van der Waals surface area contributed by atoms with E-state index in [1.165, 1.54) is 0 Å². The van der Waals surface area contributed by atoms with Crippen molar-refractivity contribution in [2.75, 3.05) is 6.79 Å². The molecule has 114 valence electrons. The fraction of sp³-hybridized carbons (Fsp3) is 0.692. The lowest BCUT2D eigenvalue weighted by molar-refractivity contribution is -0.159. The van der Waals surface area contributed by atoms with E-state index in [0.29, 0.717) is 5.88 Å². The van der Waals surface area contributed by atoms with Crippen LogP contribution in [0.1, 0.15) is 51.0 Å². The molecule has 7 heteroatoms. The zero-order valence-corrected chi connectivity index (χ0v) is 12.8. The van der Waals surface area contributed by atoms with Crippen LogP contribution in [0.4, 0.5) is 0 Å². The maximum Gasteiger partial charge on any atom is 0.314 e. The molecule has 2 N–H and O–H groups in total. The average Bonchev–Trinajstić information content (AvgIpc) is 2.72. The third-order valence-corrected chi connectivity index (χ3v) is 3.06. The van der Waals surface area contributed by atoms with Crippen LogP contribution < -0.4 is 10.5 Å². The molecule has 0 amide bonds. The molecule has 0 bridgehead atoms. The van der Waals surface area contributed by atoms with Gasteiger partial charge in [0, 0.05) is 12.5 Å². The largest absolute Gasteiger partial charge is 0.437 e. The summed E-state index contributed by atoms with van der Waals surface area (Å²) in [6, 6.07) is -0.122. The van der Waals surface area contributed by atoms with Crippen LogP contribution in [0.2, 0.25) is 0 Å². The van der Waals surface area contributed by atoms with E-state index in [9.17, 15) is 4.79 Å². The van der Waals surface area contributed by atoms with Crippen molar-refractivity contribution in [2.24, 2.45) is 11.1 Å². The van der Waals surface area contributed by atoms with E-state index in [1.807, 2.05) is 0 Å². The number of hydrogen-bond donors (Lipinski definition) is 1. The molecule has 1 heterocycles. The number of nitrogens with two attached hydrogens (primary N) is 1. The predicted molar refractivity (Wildman–Crippen MR) is 74.7 cm³/mol. The van der Waals surface area contributed by atoms with Crippen LogP contribution in [-0.4, -0.2) is 17.9 Å². The Morgan fingerprint density at radius 2 is 2.25 bits per heavy atom. The number of halogens is 1. The van der Waals surface area contributed by atoms with Crippen molar-refractivity contribution in [3.8, 4) is 5.88 Å². The number of nitrogens with zero attached hydrogens (tertiary/aromatic N) is 1. The van der Waals surface area contributed by atoms with Crippen LogP contribution >= 0.6 is 12.4 Å². The minimum Gasteiger partial charge on any atom is -0.437 e. The molecule has 2 rings (SSSR count). The molecule has 0 aliphatic heterocycles. The quantitative estimate of drug-likeness (QED) is 0.681. The van der Waals surface area contributed by atoms with Crippen molar-refractivity contribution in [3.63, 3.8) is 0 Å². The maximum absolute atomic E-state index is 11.6.